The van der Waals surface area contributed by atoms with Crippen molar-refractivity contribution in [3.63, 3.8) is 0 Å². The van der Waals surface area contributed by atoms with Crippen molar-refractivity contribution in [3.8, 4) is 16.8 Å². The number of hydrogen-bond acceptors (Lipinski definition) is 2. The summed E-state index contributed by atoms with van der Waals surface area (Å²) in [6, 6.07) is 45.7. The zero-order chi connectivity index (χ0) is 25.5. The third-order valence-electron chi connectivity index (χ3n) is 8.00. The smallest absolute Gasteiger partial charge is 0.136 e. The van der Waals surface area contributed by atoms with Crippen LogP contribution in [0.1, 0.15) is 0 Å². The average molecular weight is 516 g/mol. The Labute approximate surface area is 227 Å². The van der Waals surface area contributed by atoms with Crippen LogP contribution in [0.2, 0.25) is 0 Å². The second-order valence-electron chi connectivity index (χ2n) is 10.1. The van der Waals surface area contributed by atoms with E-state index in [1.165, 1.54) is 69.6 Å². The Hall–Kier alpha value is -4.86. The predicted molar refractivity (Wildman–Crippen MR) is 166 cm³/mol. The summed E-state index contributed by atoms with van der Waals surface area (Å²) in [6.07, 6.45) is 0. The first-order chi connectivity index (χ1) is 19.3. The monoisotopic (exact) mass is 515 g/mol. The van der Waals surface area contributed by atoms with E-state index < -0.39 is 0 Å². The van der Waals surface area contributed by atoms with E-state index in [-0.39, 0.29) is 0 Å². The molecule has 0 saturated carbocycles. The summed E-state index contributed by atoms with van der Waals surface area (Å²) < 4.78 is 11.4. The number of nitrogens with zero attached hydrogens (tertiary/aromatic N) is 1. The molecule has 0 saturated heterocycles. The molecule has 0 aliphatic heterocycles. The fourth-order valence-corrected chi connectivity index (χ4v) is 7.57. The molecule has 0 aliphatic carbocycles. The molecule has 9 rings (SSSR count). The highest BCUT2D eigenvalue weighted by atomic mass is 32.1. The molecule has 3 aromatic heterocycles. The molecule has 9 aromatic rings. The Bertz CT molecular complexity index is 2390. The minimum atomic E-state index is 0.927. The number of hydrogen-bond donors (Lipinski definition) is 0. The minimum absolute atomic E-state index is 0.927. The van der Waals surface area contributed by atoms with E-state index >= 15 is 0 Å². The zero-order valence-corrected chi connectivity index (χ0v) is 21.7. The summed E-state index contributed by atoms with van der Waals surface area (Å²) in [6.45, 7) is 0. The van der Waals surface area contributed by atoms with Gasteiger partial charge in [-0.3, -0.25) is 0 Å². The number of para-hydroxylation sites is 2. The van der Waals surface area contributed by atoms with Crippen LogP contribution in [-0.2, 0) is 0 Å². The van der Waals surface area contributed by atoms with E-state index in [1.54, 1.807) is 0 Å². The molecule has 39 heavy (non-hydrogen) atoms. The number of aromatic nitrogens is 1. The van der Waals surface area contributed by atoms with Gasteiger partial charge in [0.25, 0.3) is 0 Å². The van der Waals surface area contributed by atoms with Crippen LogP contribution in [0.15, 0.2) is 132 Å². The van der Waals surface area contributed by atoms with Crippen molar-refractivity contribution in [3.05, 3.63) is 127 Å². The fourth-order valence-electron chi connectivity index (χ4n) is 6.32. The Kier molecular flexibility index (Phi) is 4.24. The van der Waals surface area contributed by atoms with Crippen LogP contribution in [0.3, 0.4) is 0 Å². The summed E-state index contributed by atoms with van der Waals surface area (Å²) in [5.74, 6) is 0. The van der Waals surface area contributed by atoms with Crippen molar-refractivity contribution in [1.29, 1.82) is 0 Å². The van der Waals surface area contributed by atoms with Gasteiger partial charge in [-0.2, -0.15) is 0 Å². The fraction of sp³-hybridized carbons (Fsp3) is 0. The maximum atomic E-state index is 6.45. The molecule has 182 valence electrons. The normalized spacial score (nSPS) is 12.1. The molecule has 3 heteroatoms. The van der Waals surface area contributed by atoms with Gasteiger partial charge in [0.05, 0.1) is 11.0 Å². The molecule has 0 aliphatic rings. The maximum Gasteiger partial charge on any atom is 0.136 e. The summed E-state index contributed by atoms with van der Waals surface area (Å²) >= 11 is 1.86. The second-order valence-corrected chi connectivity index (χ2v) is 11.2. The lowest BCUT2D eigenvalue weighted by Gasteiger charge is -2.09. The van der Waals surface area contributed by atoms with Crippen LogP contribution in [0.4, 0.5) is 0 Å². The number of fused-ring (bicyclic) bond motifs is 10. The molecule has 0 atom stereocenters. The SMILES string of the molecule is c1ccc(-n2c3ccccc3c3ccc(-c4cccc5oc6ccc7c8ccccc8sc7c6c45)cc32)cc1. The highest BCUT2D eigenvalue weighted by Crippen LogP contribution is 2.45. The minimum Gasteiger partial charge on any atom is -0.456 e. The largest absolute Gasteiger partial charge is 0.456 e. The first-order valence-corrected chi connectivity index (χ1v) is 14.0. The molecular formula is C36H21NOS. The predicted octanol–water partition coefficient (Wildman–Crippen LogP) is 10.7. The van der Waals surface area contributed by atoms with Gasteiger partial charge in [0.1, 0.15) is 11.2 Å². The Morgan fingerprint density at radius 2 is 1.26 bits per heavy atom. The maximum absolute atomic E-state index is 6.45. The Balaban J connectivity index is 1.39. The van der Waals surface area contributed by atoms with Crippen LogP contribution in [0.5, 0.6) is 0 Å². The van der Waals surface area contributed by atoms with E-state index in [1.807, 2.05) is 11.3 Å². The molecule has 6 aromatic carbocycles. The molecule has 2 nitrogen and oxygen atoms in total. The van der Waals surface area contributed by atoms with E-state index in [2.05, 4.69) is 132 Å². The number of benzene rings is 6. The van der Waals surface area contributed by atoms with Gasteiger partial charge in [0.2, 0.25) is 0 Å². The van der Waals surface area contributed by atoms with E-state index in [4.69, 9.17) is 4.42 Å². The van der Waals surface area contributed by atoms with Gasteiger partial charge in [0, 0.05) is 47.4 Å². The van der Waals surface area contributed by atoms with Gasteiger partial charge in [-0.05, 0) is 59.7 Å². The molecule has 0 spiro atoms. The number of thiophene rings is 1. The van der Waals surface area contributed by atoms with Crippen molar-refractivity contribution < 1.29 is 4.42 Å². The van der Waals surface area contributed by atoms with Crippen LogP contribution < -0.4 is 0 Å². The Morgan fingerprint density at radius 1 is 0.513 bits per heavy atom. The lowest BCUT2D eigenvalue weighted by atomic mass is 9.97. The highest BCUT2D eigenvalue weighted by molar-refractivity contribution is 7.26. The first-order valence-electron chi connectivity index (χ1n) is 13.2. The molecule has 0 unspecified atom stereocenters. The molecule has 0 fully saturated rings. The summed E-state index contributed by atoms with van der Waals surface area (Å²) in [5.41, 5.74) is 7.84. The van der Waals surface area contributed by atoms with Gasteiger partial charge in [-0.15, -0.1) is 11.3 Å². The first kappa shape index (κ1) is 21.1. The molecular weight excluding hydrogens is 494 g/mol. The van der Waals surface area contributed by atoms with Gasteiger partial charge in [-0.1, -0.05) is 78.9 Å². The van der Waals surface area contributed by atoms with Crippen molar-refractivity contribution in [2.75, 3.05) is 0 Å². The second kappa shape index (κ2) is 7.83. The van der Waals surface area contributed by atoms with Gasteiger partial charge in [-0.25, -0.2) is 0 Å². The molecule has 0 bridgehead atoms. The average Bonchev–Trinajstić information content (AvgIpc) is 3.66. The number of furan rings is 1. The standard InChI is InChI=1S/C36H21NOS/c1-2-9-23(10-3-1)37-29-14-6-4-11-25(29)26-18-17-22(21-30(26)37)24-13-8-15-31-34(24)35-32(38-31)20-19-28-27-12-5-7-16-33(27)39-36(28)35/h1-21H. The third-order valence-corrected chi connectivity index (χ3v) is 9.21. The van der Waals surface area contributed by atoms with E-state index in [9.17, 15) is 0 Å². The van der Waals surface area contributed by atoms with E-state index in [0.29, 0.717) is 0 Å². The van der Waals surface area contributed by atoms with Crippen LogP contribution in [0.25, 0.3) is 80.7 Å². The van der Waals surface area contributed by atoms with E-state index in [0.717, 1.165) is 11.2 Å². The topological polar surface area (TPSA) is 18.1 Å². The van der Waals surface area contributed by atoms with Crippen molar-refractivity contribution in [1.82, 2.24) is 4.57 Å². The molecule has 3 heterocycles. The van der Waals surface area contributed by atoms with Crippen molar-refractivity contribution in [2.45, 2.75) is 0 Å². The lowest BCUT2D eigenvalue weighted by molar-refractivity contribution is 0.669. The molecule has 0 N–H and O–H groups in total. The van der Waals surface area contributed by atoms with Crippen molar-refractivity contribution >= 4 is 75.3 Å². The summed E-state index contributed by atoms with van der Waals surface area (Å²) in [5, 5.41) is 7.52. The van der Waals surface area contributed by atoms with Gasteiger partial charge in [0.15, 0.2) is 0 Å². The quantitative estimate of drug-likeness (QED) is 0.224. The third kappa shape index (κ3) is 2.91. The summed E-state index contributed by atoms with van der Waals surface area (Å²) in [4.78, 5) is 0. The Morgan fingerprint density at radius 3 is 2.18 bits per heavy atom. The van der Waals surface area contributed by atoms with Crippen LogP contribution in [-0.4, -0.2) is 4.57 Å². The van der Waals surface area contributed by atoms with Gasteiger partial charge >= 0.3 is 0 Å². The molecule has 0 amide bonds. The summed E-state index contributed by atoms with van der Waals surface area (Å²) in [7, 11) is 0. The highest BCUT2D eigenvalue weighted by Gasteiger charge is 2.19. The zero-order valence-electron chi connectivity index (χ0n) is 20.9. The van der Waals surface area contributed by atoms with Gasteiger partial charge < -0.3 is 8.98 Å². The lowest BCUT2D eigenvalue weighted by Crippen LogP contribution is -1.93. The number of rotatable bonds is 2. The van der Waals surface area contributed by atoms with Crippen molar-refractivity contribution in [2.24, 2.45) is 0 Å². The van der Waals surface area contributed by atoms with Crippen LogP contribution >= 0.6 is 11.3 Å². The molecule has 0 radical (unpaired) electrons. The van der Waals surface area contributed by atoms with Crippen LogP contribution in [0, 0.1) is 0 Å².